The van der Waals surface area contributed by atoms with Crippen molar-refractivity contribution in [3.05, 3.63) is 51.9 Å². The summed E-state index contributed by atoms with van der Waals surface area (Å²) in [5.41, 5.74) is 3.36. The van der Waals surface area contributed by atoms with Gasteiger partial charge in [0, 0.05) is 55.3 Å². The summed E-state index contributed by atoms with van der Waals surface area (Å²) in [6.45, 7) is 13.6. The Hall–Kier alpha value is -2.14. The predicted octanol–water partition coefficient (Wildman–Crippen LogP) is 4.81. The molecule has 0 N–H and O–H groups in total. The molecule has 2 aromatic rings. The molecule has 1 saturated heterocycles. The molecule has 0 unspecified atom stereocenters. The first-order valence-corrected chi connectivity index (χ1v) is 11.1. The second kappa shape index (κ2) is 9.34. The van der Waals surface area contributed by atoms with Crippen molar-refractivity contribution in [3.63, 3.8) is 0 Å². The molecule has 1 aromatic carbocycles. The van der Waals surface area contributed by atoms with E-state index in [4.69, 9.17) is 16.6 Å². The van der Waals surface area contributed by atoms with Gasteiger partial charge < -0.3 is 9.80 Å². The maximum atomic E-state index is 12.7. The van der Waals surface area contributed by atoms with Gasteiger partial charge in [0.05, 0.1) is 0 Å². The largest absolute Gasteiger partial charge is 0.354 e. The van der Waals surface area contributed by atoms with Crippen molar-refractivity contribution in [3.8, 4) is 0 Å². The second-order valence-electron chi connectivity index (χ2n) is 9.42. The third kappa shape index (κ3) is 5.94. The fraction of sp³-hybridized carbons (Fsp3) is 0.542. The van der Waals surface area contributed by atoms with Gasteiger partial charge in [-0.3, -0.25) is 4.79 Å². The summed E-state index contributed by atoms with van der Waals surface area (Å²) in [5.74, 6) is 2.04. The first-order valence-electron chi connectivity index (χ1n) is 10.7. The molecule has 1 aromatic heterocycles. The monoisotopic (exact) mass is 428 g/mol. The van der Waals surface area contributed by atoms with Gasteiger partial charge in [-0.1, -0.05) is 44.5 Å². The maximum absolute atomic E-state index is 12.7. The average molecular weight is 429 g/mol. The second-order valence-corrected chi connectivity index (χ2v) is 9.86. The summed E-state index contributed by atoms with van der Waals surface area (Å²) >= 11 is 6.05. The maximum Gasteiger partial charge on any atom is 0.223 e. The number of anilines is 1. The van der Waals surface area contributed by atoms with Gasteiger partial charge in [0.1, 0.15) is 11.6 Å². The number of rotatable bonds is 4. The zero-order valence-corrected chi connectivity index (χ0v) is 19.6. The van der Waals surface area contributed by atoms with Crippen molar-refractivity contribution in [2.24, 2.45) is 5.41 Å². The van der Waals surface area contributed by atoms with Crippen LogP contribution in [0.25, 0.3) is 0 Å². The number of benzene rings is 1. The van der Waals surface area contributed by atoms with E-state index in [0.29, 0.717) is 6.42 Å². The van der Waals surface area contributed by atoms with E-state index in [0.717, 1.165) is 66.9 Å². The average Bonchev–Trinajstić information content (AvgIpc) is 2.90. The van der Waals surface area contributed by atoms with Crippen LogP contribution in [-0.4, -0.2) is 47.0 Å². The van der Waals surface area contributed by atoms with Crippen LogP contribution in [0, 0.1) is 19.3 Å². The Kier molecular flexibility index (Phi) is 7.02. The van der Waals surface area contributed by atoms with Gasteiger partial charge >= 0.3 is 0 Å². The Bertz CT molecular complexity index is 889. The molecule has 0 bridgehead atoms. The predicted molar refractivity (Wildman–Crippen MR) is 123 cm³/mol. The lowest BCUT2D eigenvalue weighted by atomic mass is 9.91. The number of hydrogen-bond donors (Lipinski definition) is 0. The molecule has 1 aliphatic rings. The van der Waals surface area contributed by atoms with E-state index in [-0.39, 0.29) is 11.3 Å². The highest BCUT2D eigenvalue weighted by Crippen LogP contribution is 2.26. The fourth-order valence-electron chi connectivity index (χ4n) is 3.94. The third-order valence-electron chi connectivity index (χ3n) is 5.43. The molecule has 0 saturated carbocycles. The van der Waals surface area contributed by atoms with Crippen molar-refractivity contribution in [2.75, 3.05) is 31.1 Å². The lowest BCUT2D eigenvalue weighted by Gasteiger charge is -2.27. The Morgan fingerprint density at radius 3 is 2.40 bits per heavy atom. The Balaban J connectivity index is 1.81. The highest BCUT2D eigenvalue weighted by Gasteiger charge is 2.25. The molecule has 1 fully saturated rings. The van der Waals surface area contributed by atoms with Crippen LogP contribution >= 0.6 is 11.6 Å². The van der Waals surface area contributed by atoms with E-state index in [1.807, 2.05) is 24.0 Å². The summed E-state index contributed by atoms with van der Waals surface area (Å²) < 4.78 is 0. The molecule has 1 aliphatic heterocycles. The smallest absolute Gasteiger partial charge is 0.223 e. The minimum atomic E-state index is 0.00963. The van der Waals surface area contributed by atoms with Gasteiger partial charge in [0.25, 0.3) is 0 Å². The topological polar surface area (TPSA) is 49.3 Å². The quantitative estimate of drug-likeness (QED) is 0.700. The molecule has 30 heavy (non-hydrogen) atoms. The highest BCUT2D eigenvalue weighted by molar-refractivity contribution is 6.30. The molecule has 0 radical (unpaired) electrons. The summed E-state index contributed by atoms with van der Waals surface area (Å²) in [6, 6.07) is 7.96. The van der Waals surface area contributed by atoms with Crippen LogP contribution in [0.5, 0.6) is 0 Å². The molecule has 0 spiro atoms. The summed E-state index contributed by atoms with van der Waals surface area (Å²) in [7, 11) is 0. The number of amides is 1. The molecule has 3 rings (SSSR count). The number of carbonyl (C=O) groups excluding carboxylic acids is 1. The van der Waals surface area contributed by atoms with Crippen molar-refractivity contribution in [1.82, 2.24) is 14.9 Å². The molecule has 2 heterocycles. The first kappa shape index (κ1) is 22.5. The standard InChI is InChI=1S/C24H33ClN4O/c1-17-21(15-19-7-9-20(25)10-8-19)23(27-18(2)26-17)29-12-6-11-28(13-14-29)22(30)16-24(3,4)5/h7-10H,6,11-16H2,1-5H3. The zero-order valence-electron chi connectivity index (χ0n) is 18.8. The summed E-state index contributed by atoms with van der Waals surface area (Å²) in [4.78, 5) is 26.5. The molecular weight excluding hydrogens is 396 g/mol. The number of hydrogen-bond acceptors (Lipinski definition) is 4. The van der Waals surface area contributed by atoms with Gasteiger partial charge in [-0.15, -0.1) is 0 Å². The van der Waals surface area contributed by atoms with Gasteiger partial charge in [0.15, 0.2) is 0 Å². The van der Waals surface area contributed by atoms with Crippen LogP contribution in [0.3, 0.4) is 0 Å². The van der Waals surface area contributed by atoms with Crippen molar-refractivity contribution in [1.29, 1.82) is 0 Å². The number of halogens is 1. The van der Waals surface area contributed by atoms with Gasteiger partial charge in [0.2, 0.25) is 5.91 Å². The molecule has 6 heteroatoms. The normalized spacial score (nSPS) is 15.3. The minimum Gasteiger partial charge on any atom is -0.354 e. The third-order valence-corrected chi connectivity index (χ3v) is 5.68. The van der Waals surface area contributed by atoms with Gasteiger partial charge in [-0.2, -0.15) is 0 Å². The summed E-state index contributed by atoms with van der Waals surface area (Å²) in [5, 5.41) is 0.739. The number of nitrogens with zero attached hydrogens (tertiary/aromatic N) is 4. The molecule has 5 nitrogen and oxygen atoms in total. The van der Waals surface area contributed by atoms with Crippen molar-refractivity contribution >= 4 is 23.3 Å². The van der Waals surface area contributed by atoms with E-state index in [9.17, 15) is 4.79 Å². The van der Waals surface area contributed by atoms with Crippen LogP contribution in [0.1, 0.15) is 56.3 Å². The Morgan fingerprint density at radius 2 is 1.73 bits per heavy atom. The van der Waals surface area contributed by atoms with E-state index >= 15 is 0 Å². The Labute approximate surface area is 185 Å². The van der Waals surface area contributed by atoms with Crippen LogP contribution in [0.15, 0.2) is 24.3 Å². The zero-order chi connectivity index (χ0) is 21.9. The van der Waals surface area contributed by atoms with E-state index < -0.39 is 0 Å². The molecular formula is C24H33ClN4O. The van der Waals surface area contributed by atoms with E-state index in [1.165, 1.54) is 5.56 Å². The molecule has 0 atom stereocenters. The van der Waals surface area contributed by atoms with Gasteiger partial charge in [-0.05, 0) is 43.4 Å². The van der Waals surface area contributed by atoms with Crippen LogP contribution < -0.4 is 4.90 Å². The number of aryl methyl sites for hydroxylation is 2. The van der Waals surface area contributed by atoms with E-state index in [1.54, 1.807) is 0 Å². The first-order chi connectivity index (χ1) is 14.1. The number of carbonyl (C=O) groups is 1. The van der Waals surface area contributed by atoms with Crippen LogP contribution in [0.2, 0.25) is 5.02 Å². The summed E-state index contributed by atoms with van der Waals surface area (Å²) in [6.07, 6.45) is 2.29. The highest BCUT2D eigenvalue weighted by atomic mass is 35.5. The van der Waals surface area contributed by atoms with Crippen molar-refractivity contribution in [2.45, 2.75) is 53.9 Å². The lowest BCUT2D eigenvalue weighted by molar-refractivity contribution is -0.132. The Morgan fingerprint density at radius 1 is 1.03 bits per heavy atom. The SMILES string of the molecule is Cc1nc(C)c(Cc2ccc(Cl)cc2)c(N2CCCN(C(=O)CC(C)(C)C)CC2)n1. The minimum absolute atomic E-state index is 0.00963. The molecule has 1 amide bonds. The van der Waals surface area contributed by atoms with Gasteiger partial charge in [-0.25, -0.2) is 9.97 Å². The van der Waals surface area contributed by atoms with Crippen molar-refractivity contribution < 1.29 is 4.79 Å². The van der Waals surface area contributed by atoms with Crippen LogP contribution in [0.4, 0.5) is 5.82 Å². The molecule has 162 valence electrons. The van der Waals surface area contributed by atoms with Crippen LogP contribution in [-0.2, 0) is 11.2 Å². The van der Waals surface area contributed by atoms with E-state index in [2.05, 4.69) is 49.7 Å². The fourth-order valence-corrected chi connectivity index (χ4v) is 4.06. The number of aromatic nitrogens is 2. The lowest BCUT2D eigenvalue weighted by Crippen LogP contribution is -2.37. The molecule has 0 aliphatic carbocycles.